The summed E-state index contributed by atoms with van der Waals surface area (Å²) in [6.45, 7) is 8.41. The van der Waals surface area contributed by atoms with E-state index >= 15 is 0 Å². The standard InChI is InChI=1S/C14H23N3O/c1-4-15-9-7-14(18)17(12(2)3)11-13-6-5-8-16-10-13/h5-6,8,10,12,15H,4,7,9,11H2,1-3H3. The molecule has 1 heterocycles. The molecule has 1 amide bonds. The lowest BCUT2D eigenvalue weighted by molar-refractivity contribution is -0.133. The van der Waals surface area contributed by atoms with Gasteiger partial charge in [0.1, 0.15) is 0 Å². The van der Waals surface area contributed by atoms with Crippen molar-refractivity contribution in [3.05, 3.63) is 30.1 Å². The zero-order chi connectivity index (χ0) is 13.4. The van der Waals surface area contributed by atoms with Gasteiger partial charge in [0.2, 0.25) is 5.91 Å². The van der Waals surface area contributed by atoms with Gasteiger partial charge in [-0.05, 0) is 32.0 Å². The first-order chi connectivity index (χ1) is 8.65. The molecule has 0 radical (unpaired) electrons. The largest absolute Gasteiger partial charge is 0.336 e. The molecule has 1 rings (SSSR count). The highest BCUT2D eigenvalue weighted by Gasteiger charge is 2.16. The van der Waals surface area contributed by atoms with Crippen LogP contribution in [-0.2, 0) is 11.3 Å². The zero-order valence-corrected chi connectivity index (χ0v) is 11.5. The second-order valence-electron chi connectivity index (χ2n) is 4.58. The Morgan fingerprint density at radius 2 is 2.28 bits per heavy atom. The molecule has 0 aliphatic rings. The van der Waals surface area contributed by atoms with Crippen LogP contribution in [0.25, 0.3) is 0 Å². The van der Waals surface area contributed by atoms with Crippen LogP contribution < -0.4 is 5.32 Å². The average molecular weight is 249 g/mol. The molecule has 100 valence electrons. The van der Waals surface area contributed by atoms with Gasteiger partial charge in [-0.2, -0.15) is 0 Å². The lowest BCUT2D eigenvalue weighted by Crippen LogP contribution is -2.37. The van der Waals surface area contributed by atoms with E-state index in [-0.39, 0.29) is 11.9 Å². The Morgan fingerprint density at radius 3 is 2.83 bits per heavy atom. The van der Waals surface area contributed by atoms with E-state index < -0.39 is 0 Å². The van der Waals surface area contributed by atoms with Gasteiger partial charge in [0.25, 0.3) is 0 Å². The molecule has 0 bridgehead atoms. The zero-order valence-electron chi connectivity index (χ0n) is 11.5. The summed E-state index contributed by atoms with van der Waals surface area (Å²) in [6, 6.07) is 4.11. The van der Waals surface area contributed by atoms with Gasteiger partial charge in [-0.15, -0.1) is 0 Å². The van der Waals surface area contributed by atoms with Crippen LogP contribution >= 0.6 is 0 Å². The normalized spacial score (nSPS) is 10.7. The Labute approximate surface area is 109 Å². The summed E-state index contributed by atoms with van der Waals surface area (Å²) >= 11 is 0. The Hall–Kier alpha value is -1.42. The maximum atomic E-state index is 12.1. The van der Waals surface area contributed by atoms with Crippen LogP contribution in [0.15, 0.2) is 24.5 Å². The molecular weight excluding hydrogens is 226 g/mol. The number of nitrogens with one attached hydrogen (secondary N) is 1. The second kappa shape index (κ2) is 7.82. The van der Waals surface area contributed by atoms with Crippen molar-refractivity contribution in [3.63, 3.8) is 0 Å². The van der Waals surface area contributed by atoms with E-state index in [2.05, 4.69) is 10.3 Å². The number of hydrogen-bond donors (Lipinski definition) is 1. The summed E-state index contributed by atoms with van der Waals surface area (Å²) < 4.78 is 0. The van der Waals surface area contributed by atoms with E-state index in [1.54, 1.807) is 6.20 Å². The third-order valence-electron chi connectivity index (χ3n) is 2.79. The topological polar surface area (TPSA) is 45.2 Å². The minimum atomic E-state index is 0.190. The molecule has 0 aliphatic carbocycles. The monoisotopic (exact) mass is 249 g/mol. The predicted molar refractivity (Wildman–Crippen MR) is 73.1 cm³/mol. The number of rotatable bonds is 7. The molecule has 0 fully saturated rings. The van der Waals surface area contributed by atoms with E-state index in [4.69, 9.17) is 0 Å². The van der Waals surface area contributed by atoms with Crippen LogP contribution in [0.5, 0.6) is 0 Å². The lowest BCUT2D eigenvalue weighted by atomic mass is 10.2. The van der Waals surface area contributed by atoms with Crippen molar-refractivity contribution < 1.29 is 4.79 Å². The van der Waals surface area contributed by atoms with Crippen molar-refractivity contribution in [2.24, 2.45) is 0 Å². The summed E-state index contributed by atoms with van der Waals surface area (Å²) in [7, 11) is 0. The van der Waals surface area contributed by atoms with Crippen LogP contribution in [0.1, 0.15) is 32.8 Å². The number of hydrogen-bond acceptors (Lipinski definition) is 3. The molecule has 1 aromatic rings. The SMILES string of the molecule is CCNCCC(=O)N(Cc1cccnc1)C(C)C. The first kappa shape index (κ1) is 14.6. The highest BCUT2D eigenvalue weighted by molar-refractivity contribution is 5.76. The third kappa shape index (κ3) is 4.84. The quantitative estimate of drug-likeness (QED) is 0.750. The minimum absolute atomic E-state index is 0.190. The number of aromatic nitrogens is 1. The number of pyridine rings is 1. The summed E-state index contributed by atoms with van der Waals surface area (Å²) in [5.74, 6) is 0.190. The van der Waals surface area contributed by atoms with Gasteiger partial charge in [0, 0.05) is 37.9 Å². The van der Waals surface area contributed by atoms with Gasteiger partial charge >= 0.3 is 0 Å². The smallest absolute Gasteiger partial charge is 0.224 e. The van der Waals surface area contributed by atoms with Crippen molar-refractivity contribution in [2.45, 2.75) is 39.8 Å². The fourth-order valence-electron chi connectivity index (χ4n) is 1.76. The number of carbonyl (C=O) groups is 1. The van der Waals surface area contributed by atoms with Gasteiger partial charge in [-0.3, -0.25) is 9.78 Å². The van der Waals surface area contributed by atoms with Gasteiger partial charge in [-0.1, -0.05) is 13.0 Å². The maximum Gasteiger partial charge on any atom is 0.224 e. The molecular formula is C14H23N3O. The summed E-state index contributed by atoms with van der Waals surface area (Å²) in [5.41, 5.74) is 1.07. The first-order valence-corrected chi connectivity index (χ1v) is 6.54. The number of amides is 1. The molecule has 4 heteroatoms. The molecule has 0 saturated heterocycles. The van der Waals surface area contributed by atoms with Crippen molar-refractivity contribution in [1.82, 2.24) is 15.2 Å². The van der Waals surface area contributed by atoms with Gasteiger partial charge in [-0.25, -0.2) is 0 Å². The number of nitrogens with zero attached hydrogens (tertiary/aromatic N) is 2. The fraction of sp³-hybridized carbons (Fsp3) is 0.571. The molecule has 0 spiro atoms. The Kier molecular flexibility index (Phi) is 6.36. The molecule has 1 N–H and O–H groups in total. The maximum absolute atomic E-state index is 12.1. The van der Waals surface area contributed by atoms with Crippen LogP contribution in [0.2, 0.25) is 0 Å². The Morgan fingerprint density at radius 1 is 1.50 bits per heavy atom. The second-order valence-corrected chi connectivity index (χ2v) is 4.58. The van der Waals surface area contributed by atoms with Crippen LogP contribution in [0, 0.1) is 0 Å². The fourth-order valence-corrected chi connectivity index (χ4v) is 1.76. The van der Waals surface area contributed by atoms with Crippen molar-refractivity contribution >= 4 is 5.91 Å². The van der Waals surface area contributed by atoms with Crippen molar-refractivity contribution in [1.29, 1.82) is 0 Å². The van der Waals surface area contributed by atoms with E-state index in [1.165, 1.54) is 0 Å². The molecule has 0 aliphatic heterocycles. The van der Waals surface area contributed by atoms with E-state index in [0.717, 1.165) is 18.7 Å². The lowest BCUT2D eigenvalue weighted by Gasteiger charge is -2.27. The Balaban J connectivity index is 2.57. The minimum Gasteiger partial charge on any atom is -0.336 e. The molecule has 0 atom stereocenters. The molecule has 4 nitrogen and oxygen atoms in total. The summed E-state index contributed by atoms with van der Waals surface area (Å²) in [6.07, 6.45) is 4.11. The van der Waals surface area contributed by atoms with Gasteiger partial charge in [0.05, 0.1) is 0 Å². The van der Waals surface area contributed by atoms with Crippen LogP contribution in [0.4, 0.5) is 0 Å². The molecule has 1 aromatic heterocycles. The highest BCUT2D eigenvalue weighted by Crippen LogP contribution is 2.08. The van der Waals surface area contributed by atoms with Crippen molar-refractivity contribution in [3.8, 4) is 0 Å². The van der Waals surface area contributed by atoms with Gasteiger partial charge in [0.15, 0.2) is 0 Å². The highest BCUT2D eigenvalue weighted by atomic mass is 16.2. The van der Waals surface area contributed by atoms with Crippen LogP contribution in [-0.4, -0.2) is 34.9 Å². The number of carbonyl (C=O) groups excluding carboxylic acids is 1. The summed E-state index contributed by atoms with van der Waals surface area (Å²) in [5, 5.41) is 3.18. The molecule has 0 aromatic carbocycles. The van der Waals surface area contributed by atoms with Gasteiger partial charge < -0.3 is 10.2 Å². The Bertz CT molecular complexity index is 351. The molecule has 18 heavy (non-hydrogen) atoms. The predicted octanol–water partition coefficient (Wildman–Crippen LogP) is 1.82. The molecule has 0 saturated carbocycles. The average Bonchev–Trinajstić information content (AvgIpc) is 2.37. The van der Waals surface area contributed by atoms with E-state index in [0.29, 0.717) is 13.0 Å². The first-order valence-electron chi connectivity index (χ1n) is 6.54. The third-order valence-corrected chi connectivity index (χ3v) is 2.79. The van der Waals surface area contributed by atoms with Crippen molar-refractivity contribution in [2.75, 3.05) is 13.1 Å². The van der Waals surface area contributed by atoms with E-state index in [9.17, 15) is 4.79 Å². The van der Waals surface area contributed by atoms with E-state index in [1.807, 2.05) is 44.0 Å². The molecule has 0 unspecified atom stereocenters. The summed E-state index contributed by atoms with van der Waals surface area (Å²) in [4.78, 5) is 18.1. The van der Waals surface area contributed by atoms with Crippen LogP contribution in [0.3, 0.4) is 0 Å².